The van der Waals surface area contributed by atoms with E-state index < -0.39 is 5.17 Å². The molecule has 0 unspecified atom stereocenters. The third kappa shape index (κ3) is 8.68. The van der Waals surface area contributed by atoms with Crippen molar-refractivity contribution in [2.75, 3.05) is 11.4 Å². The molecular formula is C13H19N5O3S2. The molecule has 23 heavy (non-hydrogen) atoms. The highest BCUT2D eigenvalue weighted by Gasteiger charge is 2.24. The van der Waals surface area contributed by atoms with Crippen LogP contribution in [0, 0.1) is 0 Å². The predicted octanol–water partition coefficient (Wildman–Crippen LogP) is 0.175. The summed E-state index contributed by atoms with van der Waals surface area (Å²) < 4.78 is 0. The first-order valence-corrected chi connectivity index (χ1v) is 7.04. The van der Waals surface area contributed by atoms with Gasteiger partial charge in [-0.25, -0.2) is 5.84 Å². The van der Waals surface area contributed by atoms with Gasteiger partial charge in [-0.2, -0.15) is 0 Å². The number of nitrogens with one attached hydrogen (secondary N) is 1. The molecule has 0 atom stereocenters. The van der Waals surface area contributed by atoms with Gasteiger partial charge in [0.1, 0.15) is 0 Å². The summed E-state index contributed by atoms with van der Waals surface area (Å²) in [6.07, 6.45) is 2.28. The molecule has 1 aliphatic heterocycles. The van der Waals surface area contributed by atoms with E-state index in [0.717, 1.165) is 11.3 Å². The molecule has 0 radical (unpaired) electrons. The first-order chi connectivity index (χ1) is 10.8. The van der Waals surface area contributed by atoms with Gasteiger partial charge in [-0.05, 0) is 36.1 Å². The number of anilines is 1. The summed E-state index contributed by atoms with van der Waals surface area (Å²) in [7, 11) is 0. The van der Waals surface area contributed by atoms with Crippen LogP contribution in [-0.4, -0.2) is 27.9 Å². The Kier molecular flexibility index (Phi) is 10.2. The van der Waals surface area contributed by atoms with Crippen molar-refractivity contribution in [2.24, 2.45) is 17.3 Å². The Morgan fingerprint density at radius 2 is 2.00 bits per heavy atom. The monoisotopic (exact) mass is 357 g/mol. The average molecular weight is 357 g/mol. The van der Waals surface area contributed by atoms with Crippen molar-refractivity contribution < 1.29 is 14.7 Å². The van der Waals surface area contributed by atoms with Gasteiger partial charge in [0.2, 0.25) is 5.91 Å². The maximum absolute atomic E-state index is 11.5. The van der Waals surface area contributed by atoms with Crippen LogP contribution >= 0.6 is 24.4 Å². The summed E-state index contributed by atoms with van der Waals surface area (Å²) in [5.74, 6) is 4.76. The lowest BCUT2D eigenvalue weighted by atomic mass is 10.2. The van der Waals surface area contributed by atoms with Gasteiger partial charge in [-0.15, -0.1) is 6.58 Å². The molecule has 8 N–H and O–H groups in total. The molecule has 1 aliphatic rings. The number of aliphatic hydroxyl groups is 1. The Labute approximate surface area is 144 Å². The van der Waals surface area contributed by atoms with Crippen molar-refractivity contribution in [3.8, 4) is 0 Å². The number of fused-ring (bicyclic) bond motifs is 1. The molecule has 1 amide bonds. The van der Waals surface area contributed by atoms with Crippen molar-refractivity contribution in [1.29, 1.82) is 0 Å². The number of carbonyl (C=O) groups is 1. The first kappa shape index (κ1) is 20.7. The molecule has 0 aromatic heterocycles. The second kappa shape index (κ2) is 11.3. The van der Waals surface area contributed by atoms with E-state index in [2.05, 4.69) is 47.4 Å². The number of aliphatic hydroxyl groups excluding tert-OH is 1. The van der Waals surface area contributed by atoms with E-state index >= 15 is 0 Å². The molecule has 0 spiro atoms. The molecule has 8 nitrogen and oxygen atoms in total. The van der Waals surface area contributed by atoms with Gasteiger partial charge in [0.25, 0.3) is 10.3 Å². The van der Waals surface area contributed by atoms with Gasteiger partial charge in [-0.3, -0.25) is 4.79 Å². The Balaban J connectivity index is 0.000000407. The minimum atomic E-state index is -0.500. The van der Waals surface area contributed by atoms with Crippen molar-refractivity contribution in [3.63, 3.8) is 0 Å². The minimum Gasteiger partial charge on any atom is -0.487 e. The number of thiocarbonyl (C=S) groups is 2. The Morgan fingerprint density at radius 3 is 2.43 bits per heavy atom. The molecular weight excluding hydrogens is 338 g/mol. The fraction of sp³-hybridized carbons (Fsp3) is 0.154. The fourth-order valence-electron chi connectivity index (χ4n) is 1.70. The molecule has 1 aromatic rings. The van der Waals surface area contributed by atoms with Crippen LogP contribution in [0.1, 0.15) is 5.56 Å². The molecule has 0 bridgehead atoms. The number of benzene rings is 1. The third-order valence-corrected chi connectivity index (χ3v) is 2.48. The zero-order chi connectivity index (χ0) is 17.8. The number of carbonyl (C=O) groups excluding carboxylic acids is 1. The summed E-state index contributed by atoms with van der Waals surface area (Å²) in [6, 6.07) is 7.89. The Hall–Kier alpha value is -2.27. The van der Waals surface area contributed by atoms with Gasteiger partial charge in [0.05, 0.1) is 6.42 Å². The van der Waals surface area contributed by atoms with Crippen LogP contribution in [0.4, 0.5) is 5.69 Å². The van der Waals surface area contributed by atoms with E-state index in [4.69, 9.17) is 10.8 Å². The van der Waals surface area contributed by atoms with Crippen LogP contribution in [0.25, 0.3) is 0 Å². The third-order valence-electron chi connectivity index (χ3n) is 2.40. The zero-order valence-electron chi connectivity index (χ0n) is 12.3. The highest BCUT2D eigenvalue weighted by Crippen LogP contribution is 2.27. The second-order valence-corrected chi connectivity index (χ2v) is 4.80. The molecule has 1 aromatic carbocycles. The van der Waals surface area contributed by atoms with Gasteiger partial charge < -0.3 is 26.3 Å². The molecule has 10 heteroatoms. The van der Waals surface area contributed by atoms with Gasteiger partial charge in [0, 0.05) is 12.2 Å². The van der Waals surface area contributed by atoms with E-state index in [0.29, 0.717) is 13.0 Å². The van der Waals surface area contributed by atoms with Gasteiger partial charge >= 0.3 is 0 Å². The van der Waals surface area contributed by atoms with Crippen molar-refractivity contribution >= 4 is 46.4 Å². The largest absolute Gasteiger partial charge is 0.487 e. The van der Waals surface area contributed by atoms with Crippen molar-refractivity contribution in [3.05, 3.63) is 42.5 Å². The summed E-state index contributed by atoms with van der Waals surface area (Å²) in [5, 5.41) is 6.95. The average Bonchev–Trinajstić information content (AvgIpc) is 2.76. The normalized spacial score (nSPS) is 11.2. The van der Waals surface area contributed by atoms with Crippen molar-refractivity contribution in [1.82, 2.24) is 5.59 Å². The van der Waals surface area contributed by atoms with Crippen LogP contribution in [0.2, 0.25) is 0 Å². The van der Waals surface area contributed by atoms with Crippen LogP contribution in [0.15, 0.2) is 36.9 Å². The molecule has 126 valence electrons. The highest BCUT2D eigenvalue weighted by molar-refractivity contribution is 7.80. The number of hydrogen-bond acceptors (Lipinski definition) is 6. The lowest BCUT2D eigenvalue weighted by Crippen LogP contribution is -2.29. The maximum Gasteiger partial charge on any atom is 0.277 e. The lowest BCUT2D eigenvalue weighted by molar-refractivity contribution is -0.117. The van der Waals surface area contributed by atoms with Crippen LogP contribution < -0.4 is 27.8 Å². The summed E-state index contributed by atoms with van der Waals surface area (Å²) in [6.45, 7) is 4.24. The number of hydrazine groups is 1. The topological polar surface area (TPSA) is 140 Å². The van der Waals surface area contributed by atoms with Gasteiger partial charge in [-0.1, -0.05) is 29.9 Å². The molecule has 1 heterocycles. The molecule has 2 rings (SSSR count). The van der Waals surface area contributed by atoms with Crippen LogP contribution in [0.3, 0.4) is 0 Å². The smallest absolute Gasteiger partial charge is 0.277 e. The van der Waals surface area contributed by atoms with Crippen LogP contribution in [0.5, 0.6) is 0 Å². The second-order valence-electron chi connectivity index (χ2n) is 3.98. The number of nitrogens with two attached hydrogens (primary N) is 3. The molecule has 0 fully saturated rings. The van der Waals surface area contributed by atoms with Crippen LogP contribution in [-0.2, 0) is 16.1 Å². The maximum atomic E-state index is 11.5. The van der Waals surface area contributed by atoms with E-state index in [9.17, 15) is 4.79 Å². The SMILES string of the molecule is C=CCN1C(=O)Cc2ccccc21.NC(O)=S.NNOC(N)=S. The standard InChI is InChI=1S/C11H11NO.CH5N3OS.CH3NOS/c1-2-7-12-10-6-4-3-5-9(10)8-11(12)13;2-1(6)5-4-3;2-1(3)4/h2-6H,1,7-8H2;4H,3H2,(H2,2,6);(H3,2,3,4). The number of amides is 1. The fourth-order valence-corrected chi connectivity index (χ4v) is 1.75. The van der Waals surface area contributed by atoms with Gasteiger partial charge in [0.15, 0.2) is 0 Å². The summed E-state index contributed by atoms with van der Waals surface area (Å²) >= 11 is 8.08. The number of para-hydroxylation sites is 1. The molecule has 0 saturated heterocycles. The molecule has 0 saturated carbocycles. The highest BCUT2D eigenvalue weighted by atomic mass is 32.1. The Morgan fingerprint density at radius 1 is 1.43 bits per heavy atom. The number of hydrogen-bond donors (Lipinski definition) is 5. The summed E-state index contributed by atoms with van der Waals surface area (Å²) in [4.78, 5) is 17.3. The minimum absolute atomic E-state index is 0.113. The summed E-state index contributed by atoms with van der Waals surface area (Å²) in [5.41, 5.74) is 13.1. The number of rotatable bonds is 3. The Bertz CT molecular complexity index is 564. The van der Waals surface area contributed by atoms with E-state index in [-0.39, 0.29) is 11.1 Å². The van der Waals surface area contributed by atoms with E-state index in [1.54, 1.807) is 16.6 Å². The first-order valence-electron chi connectivity index (χ1n) is 6.22. The number of nitrogens with zero attached hydrogens (tertiary/aromatic N) is 1. The lowest BCUT2D eigenvalue weighted by Gasteiger charge is -2.14. The van der Waals surface area contributed by atoms with E-state index in [1.165, 1.54) is 0 Å². The zero-order valence-corrected chi connectivity index (χ0v) is 13.9. The predicted molar refractivity (Wildman–Crippen MR) is 97.3 cm³/mol. The van der Waals surface area contributed by atoms with E-state index in [1.807, 2.05) is 24.3 Å². The molecule has 0 aliphatic carbocycles. The quantitative estimate of drug-likeness (QED) is 0.222. The van der Waals surface area contributed by atoms with Crippen molar-refractivity contribution in [2.45, 2.75) is 6.42 Å².